The highest BCUT2D eigenvalue weighted by Gasteiger charge is 2.11. The minimum atomic E-state index is -1.09. The molecule has 0 radical (unpaired) electrons. The van der Waals surface area contributed by atoms with Crippen molar-refractivity contribution >= 4 is 17.7 Å². The van der Waals surface area contributed by atoms with Crippen LogP contribution in [0.4, 0.5) is 4.39 Å². The van der Waals surface area contributed by atoms with Gasteiger partial charge in [-0.25, -0.2) is 9.18 Å². The fraction of sp³-hybridized carbons (Fsp3) is 0.250. The molecule has 0 bridgehead atoms. The van der Waals surface area contributed by atoms with Gasteiger partial charge in [-0.3, -0.25) is 0 Å². The number of rotatable bonds is 5. The van der Waals surface area contributed by atoms with Crippen LogP contribution in [0.5, 0.6) is 0 Å². The van der Waals surface area contributed by atoms with Gasteiger partial charge in [0, 0.05) is 11.3 Å². The predicted octanol–water partition coefficient (Wildman–Crippen LogP) is 2.76. The summed E-state index contributed by atoms with van der Waals surface area (Å²) in [6, 6.07) is 3.66. The molecular formula is C12H11FN2O3S. The van der Waals surface area contributed by atoms with E-state index in [4.69, 9.17) is 9.63 Å². The molecule has 0 aliphatic heterocycles. The van der Waals surface area contributed by atoms with Crippen molar-refractivity contribution in [3.8, 4) is 0 Å². The molecule has 19 heavy (non-hydrogen) atoms. The Hall–Kier alpha value is -1.89. The third-order valence-electron chi connectivity index (χ3n) is 2.35. The third kappa shape index (κ3) is 3.31. The molecule has 7 heteroatoms. The molecule has 0 atom stereocenters. The van der Waals surface area contributed by atoms with Crippen LogP contribution in [0.3, 0.4) is 0 Å². The molecular weight excluding hydrogens is 271 g/mol. The van der Waals surface area contributed by atoms with Crippen molar-refractivity contribution in [1.82, 2.24) is 10.1 Å². The maximum atomic E-state index is 13.5. The van der Waals surface area contributed by atoms with Crippen LogP contribution in [0, 0.1) is 5.82 Å². The van der Waals surface area contributed by atoms with Crippen LogP contribution in [0.15, 0.2) is 27.6 Å². The zero-order chi connectivity index (χ0) is 13.8. The lowest BCUT2D eigenvalue weighted by atomic mass is 10.2. The van der Waals surface area contributed by atoms with Crippen molar-refractivity contribution in [3.05, 3.63) is 41.3 Å². The number of halogens is 1. The van der Waals surface area contributed by atoms with E-state index in [0.29, 0.717) is 23.9 Å². The molecule has 1 aromatic heterocycles. The van der Waals surface area contributed by atoms with Gasteiger partial charge >= 0.3 is 5.97 Å². The van der Waals surface area contributed by atoms with Crippen molar-refractivity contribution in [2.45, 2.75) is 24.0 Å². The maximum Gasteiger partial charge on any atom is 0.335 e. The van der Waals surface area contributed by atoms with Gasteiger partial charge in [0.2, 0.25) is 5.89 Å². The van der Waals surface area contributed by atoms with E-state index in [2.05, 4.69) is 10.1 Å². The summed E-state index contributed by atoms with van der Waals surface area (Å²) in [6.45, 7) is 1.89. The first-order valence-electron chi connectivity index (χ1n) is 5.57. The quantitative estimate of drug-likeness (QED) is 0.850. The maximum absolute atomic E-state index is 13.5. The SMILES string of the molecule is CCc1nc(CSc2cc(C(=O)O)ccc2F)no1. The fourth-order valence-electron chi connectivity index (χ4n) is 1.38. The first kappa shape index (κ1) is 13.5. The van der Waals surface area contributed by atoms with Gasteiger partial charge in [0.15, 0.2) is 5.82 Å². The van der Waals surface area contributed by atoms with Gasteiger partial charge in [0.1, 0.15) is 5.82 Å². The summed E-state index contributed by atoms with van der Waals surface area (Å²) in [5.41, 5.74) is 0.0475. The molecule has 0 aliphatic rings. The first-order chi connectivity index (χ1) is 9.10. The number of carboxylic acid groups (broad SMARTS) is 1. The Balaban J connectivity index is 2.10. The van der Waals surface area contributed by atoms with E-state index in [1.807, 2.05) is 6.92 Å². The number of carbonyl (C=O) groups is 1. The molecule has 5 nitrogen and oxygen atoms in total. The van der Waals surface area contributed by atoms with E-state index in [1.54, 1.807) is 0 Å². The second-order valence-electron chi connectivity index (χ2n) is 3.70. The molecule has 0 unspecified atom stereocenters. The van der Waals surface area contributed by atoms with Gasteiger partial charge in [-0.2, -0.15) is 4.98 Å². The third-order valence-corrected chi connectivity index (χ3v) is 3.37. The van der Waals surface area contributed by atoms with Crippen LogP contribution in [0.1, 0.15) is 29.0 Å². The zero-order valence-corrected chi connectivity index (χ0v) is 10.9. The van der Waals surface area contributed by atoms with Crippen LogP contribution in [0.2, 0.25) is 0 Å². The summed E-state index contributed by atoms with van der Waals surface area (Å²) in [7, 11) is 0. The van der Waals surface area contributed by atoms with Crippen molar-refractivity contribution in [3.63, 3.8) is 0 Å². The molecule has 2 rings (SSSR count). The Morgan fingerprint density at radius 1 is 1.53 bits per heavy atom. The first-order valence-corrected chi connectivity index (χ1v) is 6.55. The second-order valence-corrected chi connectivity index (χ2v) is 4.71. The van der Waals surface area contributed by atoms with E-state index in [9.17, 15) is 9.18 Å². The Morgan fingerprint density at radius 3 is 2.95 bits per heavy atom. The number of hydrogen-bond acceptors (Lipinski definition) is 5. The monoisotopic (exact) mass is 282 g/mol. The number of aromatic carboxylic acids is 1. The Kier molecular flexibility index (Phi) is 4.16. The molecule has 0 spiro atoms. The van der Waals surface area contributed by atoms with Gasteiger partial charge in [0.05, 0.1) is 11.3 Å². The summed E-state index contributed by atoms with van der Waals surface area (Å²) in [5.74, 6) is -0.245. The molecule has 0 saturated heterocycles. The highest BCUT2D eigenvalue weighted by atomic mass is 32.2. The van der Waals surface area contributed by atoms with Crippen molar-refractivity contribution in [2.24, 2.45) is 0 Å². The number of nitrogens with zero attached hydrogens (tertiary/aromatic N) is 2. The van der Waals surface area contributed by atoms with E-state index >= 15 is 0 Å². The molecule has 1 heterocycles. The highest BCUT2D eigenvalue weighted by Crippen LogP contribution is 2.25. The van der Waals surface area contributed by atoms with Crippen LogP contribution in [-0.2, 0) is 12.2 Å². The lowest BCUT2D eigenvalue weighted by molar-refractivity contribution is 0.0696. The lowest BCUT2D eigenvalue weighted by Crippen LogP contribution is -1.97. The van der Waals surface area contributed by atoms with Crippen molar-refractivity contribution < 1.29 is 18.8 Å². The van der Waals surface area contributed by atoms with Crippen LogP contribution in [0.25, 0.3) is 0 Å². The van der Waals surface area contributed by atoms with Crippen molar-refractivity contribution in [1.29, 1.82) is 0 Å². The number of carboxylic acids is 1. The average Bonchev–Trinajstić information content (AvgIpc) is 2.85. The lowest BCUT2D eigenvalue weighted by Gasteiger charge is -2.02. The number of thioether (sulfide) groups is 1. The van der Waals surface area contributed by atoms with E-state index in [1.165, 1.54) is 12.1 Å². The number of hydrogen-bond donors (Lipinski definition) is 1. The topological polar surface area (TPSA) is 76.2 Å². The summed E-state index contributed by atoms with van der Waals surface area (Å²) in [4.78, 5) is 15.2. The molecule has 0 fully saturated rings. The van der Waals surface area contributed by atoms with Crippen molar-refractivity contribution in [2.75, 3.05) is 0 Å². The van der Waals surface area contributed by atoms with E-state index < -0.39 is 11.8 Å². The summed E-state index contributed by atoms with van der Waals surface area (Å²) in [6.07, 6.45) is 0.639. The number of aryl methyl sites for hydroxylation is 1. The molecule has 100 valence electrons. The molecule has 0 saturated carbocycles. The Bertz CT molecular complexity index is 600. The standard InChI is InChI=1S/C12H11FN2O3S/c1-2-11-14-10(15-18-11)6-19-9-5-7(12(16)17)3-4-8(9)13/h3-5H,2,6H2,1H3,(H,16,17). The van der Waals surface area contributed by atoms with Crippen LogP contribution in [-0.4, -0.2) is 21.2 Å². The molecule has 2 aromatic rings. The average molecular weight is 282 g/mol. The molecule has 1 N–H and O–H groups in total. The number of aromatic nitrogens is 2. The largest absolute Gasteiger partial charge is 0.478 e. The minimum Gasteiger partial charge on any atom is -0.478 e. The summed E-state index contributed by atoms with van der Waals surface area (Å²) >= 11 is 1.13. The fourth-order valence-corrected chi connectivity index (χ4v) is 2.20. The minimum absolute atomic E-state index is 0.0475. The van der Waals surface area contributed by atoms with E-state index in [0.717, 1.165) is 17.8 Å². The van der Waals surface area contributed by atoms with E-state index in [-0.39, 0.29) is 10.5 Å². The Labute approximate surface area is 112 Å². The second kappa shape index (κ2) is 5.83. The van der Waals surface area contributed by atoms with Gasteiger partial charge < -0.3 is 9.63 Å². The van der Waals surface area contributed by atoms with Gasteiger partial charge in [-0.05, 0) is 18.2 Å². The summed E-state index contributed by atoms with van der Waals surface area (Å²) < 4.78 is 18.5. The summed E-state index contributed by atoms with van der Waals surface area (Å²) in [5, 5.41) is 12.6. The van der Waals surface area contributed by atoms with Gasteiger partial charge in [-0.15, -0.1) is 11.8 Å². The molecule has 0 aliphatic carbocycles. The van der Waals surface area contributed by atoms with Crippen LogP contribution >= 0.6 is 11.8 Å². The normalized spacial score (nSPS) is 10.6. The van der Waals surface area contributed by atoms with Gasteiger partial charge in [0.25, 0.3) is 0 Å². The zero-order valence-electron chi connectivity index (χ0n) is 10.1. The van der Waals surface area contributed by atoms with Gasteiger partial charge in [-0.1, -0.05) is 12.1 Å². The smallest absolute Gasteiger partial charge is 0.335 e. The molecule has 0 amide bonds. The number of benzene rings is 1. The van der Waals surface area contributed by atoms with Crippen LogP contribution < -0.4 is 0 Å². The predicted molar refractivity (Wildman–Crippen MR) is 66.6 cm³/mol. The molecule has 1 aromatic carbocycles. The Morgan fingerprint density at radius 2 is 2.32 bits per heavy atom. The highest BCUT2D eigenvalue weighted by molar-refractivity contribution is 7.98.